The van der Waals surface area contributed by atoms with Crippen molar-refractivity contribution in [3.05, 3.63) is 12.2 Å². The van der Waals surface area contributed by atoms with Crippen LogP contribution in [0.1, 0.15) is 33.6 Å². The summed E-state index contributed by atoms with van der Waals surface area (Å²) in [5.74, 6) is -0.371. The lowest BCUT2D eigenvalue weighted by Crippen LogP contribution is -2.45. The molecule has 0 rings (SSSR count). The third kappa shape index (κ3) is 3.45. The molecular formula is C12H24O3Si. The molecule has 4 heteroatoms. The van der Waals surface area contributed by atoms with Crippen molar-refractivity contribution in [1.82, 2.24) is 0 Å². The van der Waals surface area contributed by atoms with Gasteiger partial charge in [0.25, 0.3) is 0 Å². The number of esters is 1. The van der Waals surface area contributed by atoms with E-state index in [0.29, 0.717) is 12.2 Å². The Morgan fingerprint density at radius 1 is 1.38 bits per heavy atom. The average Bonchev–Trinajstić information content (AvgIpc) is 2.17. The Morgan fingerprint density at radius 3 is 2.06 bits per heavy atom. The summed E-state index contributed by atoms with van der Waals surface area (Å²) < 4.78 is 5.21. The van der Waals surface area contributed by atoms with Gasteiger partial charge in [-0.3, -0.25) is 0 Å². The highest BCUT2D eigenvalue weighted by molar-refractivity contribution is 6.73. The van der Waals surface area contributed by atoms with Crippen LogP contribution in [0.3, 0.4) is 0 Å². The Labute approximate surface area is 99.6 Å². The first kappa shape index (κ1) is 15.4. The number of carbonyl (C=O) groups is 1. The topological polar surface area (TPSA) is 46.5 Å². The second-order valence-electron chi connectivity index (χ2n) is 4.90. The summed E-state index contributed by atoms with van der Waals surface area (Å²) in [6, 6.07) is 0. The first-order chi connectivity index (χ1) is 7.20. The molecule has 0 saturated heterocycles. The van der Waals surface area contributed by atoms with Crippen LogP contribution in [0.4, 0.5) is 0 Å². The van der Waals surface area contributed by atoms with Gasteiger partial charge >= 0.3 is 5.97 Å². The third-order valence-corrected chi connectivity index (χ3v) is 6.93. The molecule has 0 unspecified atom stereocenters. The van der Waals surface area contributed by atoms with Crippen LogP contribution in [0.25, 0.3) is 0 Å². The van der Waals surface area contributed by atoms with Crippen molar-refractivity contribution in [2.24, 2.45) is 0 Å². The SMILES string of the molecule is C=C(C)C(=O)OCC(CC)(CC)[Si](C)(C)O. The molecule has 0 aromatic rings. The van der Waals surface area contributed by atoms with Crippen LogP contribution in [0.15, 0.2) is 12.2 Å². The van der Waals surface area contributed by atoms with Gasteiger partial charge in [-0.15, -0.1) is 0 Å². The molecule has 0 aliphatic rings. The van der Waals surface area contributed by atoms with Gasteiger partial charge in [0.15, 0.2) is 8.32 Å². The molecule has 94 valence electrons. The molecule has 0 heterocycles. The van der Waals surface area contributed by atoms with E-state index in [9.17, 15) is 9.59 Å². The van der Waals surface area contributed by atoms with Gasteiger partial charge < -0.3 is 9.53 Å². The second-order valence-corrected chi connectivity index (χ2v) is 9.08. The lowest BCUT2D eigenvalue weighted by Gasteiger charge is -2.39. The standard InChI is InChI=1S/C12H24O3Si/c1-7-12(8-2,16(5,6)14)9-15-11(13)10(3)4/h14H,3,7-9H2,1-2,4-6H3. The predicted octanol–water partition coefficient (Wildman–Crippen LogP) is 2.86. The van der Waals surface area contributed by atoms with E-state index in [1.807, 2.05) is 26.9 Å². The molecule has 0 aliphatic carbocycles. The van der Waals surface area contributed by atoms with Crippen molar-refractivity contribution < 1.29 is 14.3 Å². The fourth-order valence-corrected chi connectivity index (χ4v) is 3.98. The van der Waals surface area contributed by atoms with Crippen molar-refractivity contribution >= 4 is 14.3 Å². The van der Waals surface area contributed by atoms with Crippen LogP contribution in [-0.4, -0.2) is 25.7 Å². The quantitative estimate of drug-likeness (QED) is 0.444. The molecule has 0 aliphatic heterocycles. The molecule has 0 atom stereocenters. The van der Waals surface area contributed by atoms with Gasteiger partial charge in [-0.2, -0.15) is 0 Å². The van der Waals surface area contributed by atoms with Crippen molar-refractivity contribution in [3.63, 3.8) is 0 Å². The summed E-state index contributed by atoms with van der Waals surface area (Å²) in [5, 5.41) is -0.252. The van der Waals surface area contributed by atoms with Crippen LogP contribution in [0.2, 0.25) is 18.1 Å². The molecule has 0 aromatic carbocycles. The molecule has 0 aromatic heterocycles. The number of carbonyl (C=O) groups excluding carboxylic acids is 1. The van der Waals surface area contributed by atoms with Gasteiger partial charge in [0.05, 0.1) is 6.61 Å². The zero-order valence-electron chi connectivity index (χ0n) is 11.1. The minimum absolute atomic E-state index is 0.252. The fourth-order valence-electron chi connectivity index (χ4n) is 1.82. The van der Waals surface area contributed by atoms with E-state index in [1.54, 1.807) is 6.92 Å². The van der Waals surface area contributed by atoms with E-state index in [-0.39, 0.29) is 11.0 Å². The van der Waals surface area contributed by atoms with Crippen molar-refractivity contribution in [3.8, 4) is 0 Å². The zero-order valence-corrected chi connectivity index (χ0v) is 12.1. The van der Waals surface area contributed by atoms with Crippen LogP contribution >= 0.6 is 0 Å². The van der Waals surface area contributed by atoms with Crippen molar-refractivity contribution in [2.45, 2.75) is 51.7 Å². The molecule has 0 spiro atoms. The van der Waals surface area contributed by atoms with E-state index in [1.165, 1.54) is 0 Å². The Kier molecular flexibility index (Phi) is 5.42. The van der Waals surface area contributed by atoms with Crippen molar-refractivity contribution in [2.75, 3.05) is 6.61 Å². The third-order valence-electron chi connectivity index (χ3n) is 3.48. The molecule has 0 fully saturated rings. The second kappa shape index (κ2) is 5.64. The highest BCUT2D eigenvalue weighted by Crippen LogP contribution is 2.43. The minimum Gasteiger partial charge on any atom is -0.462 e. The number of rotatable bonds is 6. The van der Waals surface area contributed by atoms with Crippen molar-refractivity contribution in [1.29, 1.82) is 0 Å². The van der Waals surface area contributed by atoms with Gasteiger partial charge in [0.2, 0.25) is 0 Å². The summed E-state index contributed by atoms with van der Waals surface area (Å²) in [5.41, 5.74) is 0.401. The molecule has 1 N–H and O–H groups in total. The number of ether oxygens (including phenoxy) is 1. The van der Waals surface area contributed by atoms with Crippen LogP contribution in [-0.2, 0) is 9.53 Å². The Balaban J connectivity index is 4.71. The molecule has 16 heavy (non-hydrogen) atoms. The largest absolute Gasteiger partial charge is 0.462 e. The molecule has 0 saturated carbocycles. The molecule has 0 bridgehead atoms. The smallest absolute Gasteiger partial charge is 0.333 e. The highest BCUT2D eigenvalue weighted by atomic mass is 28.4. The summed E-state index contributed by atoms with van der Waals surface area (Å²) in [4.78, 5) is 21.7. The summed E-state index contributed by atoms with van der Waals surface area (Å²) in [7, 11) is -2.35. The first-order valence-electron chi connectivity index (χ1n) is 5.75. The minimum atomic E-state index is -2.35. The normalized spacial score (nSPS) is 12.4. The van der Waals surface area contributed by atoms with Gasteiger partial charge in [-0.05, 0) is 32.9 Å². The molecular weight excluding hydrogens is 220 g/mol. The van der Waals surface area contributed by atoms with Crippen LogP contribution in [0.5, 0.6) is 0 Å². The first-order valence-corrected chi connectivity index (χ1v) is 8.70. The summed E-state index contributed by atoms with van der Waals surface area (Å²) in [6.45, 7) is 13.3. The number of hydrogen-bond acceptors (Lipinski definition) is 3. The van der Waals surface area contributed by atoms with Gasteiger partial charge in [-0.25, -0.2) is 4.79 Å². The van der Waals surface area contributed by atoms with E-state index in [2.05, 4.69) is 6.58 Å². The van der Waals surface area contributed by atoms with Gasteiger partial charge in [0, 0.05) is 10.6 Å². The lowest BCUT2D eigenvalue weighted by atomic mass is 10.0. The number of hydrogen-bond donors (Lipinski definition) is 1. The maximum atomic E-state index is 11.4. The van der Waals surface area contributed by atoms with E-state index in [0.717, 1.165) is 12.8 Å². The highest BCUT2D eigenvalue weighted by Gasteiger charge is 2.44. The van der Waals surface area contributed by atoms with Crippen LogP contribution < -0.4 is 0 Å². The monoisotopic (exact) mass is 244 g/mol. The molecule has 3 nitrogen and oxygen atoms in total. The predicted molar refractivity (Wildman–Crippen MR) is 68.7 cm³/mol. The maximum Gasteiger partial charge on any atom is 0.333 e. The van der Waals surface area contributed by atoms with E-state index < -0.39 is 8.32 Å². The Hall–Kier alpha value is -0.613. The molecule has 0 amide bonds. The zero-order chi connectivity index (χ0) is 13.0. The van der Waals surface area contributed by atoms with E-state index in [4.69, 9.17) is 4.74 Å². The summed E-state index contributed by atoms with van der Waals surface area (Å²) >= 11 is 0. The maximum absolute atomic E-state index is 11.4. The lowest BCUT2D eigenvalue weighted by molar-refractivity contribution is -0.140. The average molecular weight is 244 g/mol. The Morgan fingerprint density at radius 2 is 1.81 bits per heavy atom. The van der Waals surface area contributed by atoms with Gasteiger partial charge in [0.1, 0.15) is 0 Å². The molecule has 0 radical (unpaired) electrons. The van der Waals surface area contributed by atoms with Gasteiger partial charge in [-0.1, -0.05) is 20.4 Å². The van der Waals surface area contributed by atoms with E-state index >= 15 is 0 Å². The van der Waals surface area contributed by atoms with Crippen LogP contribution in [0, 0.1) is 0 Å². The summed E-state index contributed by atoms with van der Waals surface area (Å²) in [6.07, 6.45) is 1.64. The fraction of sp³-hybridized carbons (Fsp3) is 0.750. The Bertz CT molecular complexity index is 262.